The standard InChI is InChI=1S/C14H22N4O/c1-2-15-12-7-13(16-8-11(19)9-3-4-9)18-14(17-12)10-5-6-10/h7,9-11,19H,2-6,8H2,1H3,(H2,15,16,17,18). The van der Waals surface area contributed by atoms with Gasteiger partial charge in [0.05, 0.1) is 6.10 Å². The number of nitrogens with zero attached hydrogens (tertiary/aromatic N) is 2. The van der Waals surface area contributed by atoms with Gasteiger partial charge >= 0.3 is 0 Å². The summed E-state index contributed by atoms with van der Waals surface area (Å²) in [4.78, 5) is 9.09. The van der Waals surface area contributed by atoms with Crippen molar-refractivity contribution in [3.05, 3.63) is 11.9 Å². The topological polar surface area (TPSA) is 70.1 Å². The number of aromatic nitrogens is 2. The van der Waals surface area contributed by atoms with Crippen LogP contribution >= 0.6 is 0 Å². The first-order chi connectivity index (χ1) is 9.26. The number of hydrogen-bond acceptors (Lipinski definition) is 5. The Balaban J connectivity index is 1.67. The van der Waals surface area contributed by atoms with Crippen LogP contribution in [0.3, 0.4) is 0 Å². The first-order valence-corrected chi connectivity index (χ1v) is 7.31. The van der Waals surface area contributed by atoms with Gasteiger partial charge in [0.2, 0.25) is 0 Å². The number of rotatable bonds is 7. The van der Waals surface area contributed by atoms with Crippen LogP contribution in [-0.2, 0) is 0 Å². The van der Waals surface area contributed by atoms with Crippen LogP contribution in [0, 0.1) is 5.92 Å². The minimum Gasteiger partial charge on any atom is -0.391 e. The van der Waals surface area contributed by atoms with Gasteiger partial charge in [-0.1, -0.05) is 0 Å². The summed E-state index contributed by atoms with van der Waals surface area (Å²) in [6, 6.07) is 1.93. The summed E-state index contributed by atoms with van der Waals surface area (Å²) in [7, 11) is 0. The minimum absolute atomic E-state index is 0.248. The molecule has 0 aliphatic heterocycles. The molecule has 2 saturated carbocycles. The van der Waals surface area contributed by atoms with Gasteiger partial charge in [0, 0.05) is 25.1 Å². The molecule has 0 bridgehead atoms. The second-order valence-electron chi connectivity index (χ2n) is 5.59. The number of aliphatic hydroxyl groups is 1. The third-order valence-corrected chi connectivity index (χ3v) is 3.70. The van der Waals surface area contributed by atoms with Gasteiger partial charge in [-0.25, -0.2) is 9.97 Å². The molecule has 1 atom stereocenters. The highest BCUT2D eigenvalue weighted by Gasteiger charge is 2.30. The summed E-state index contributed by atoms with van der Waals surface area (Å²) >= 11 is 0. The van der Waals surface area contributed by atoms with E-state index in [0.717, 1.165) is 36.8 Å². The molecule has 1 unspecified atom stereocenters. The quantitative estimate of drug-likeness (QED) is 0.701. The van der Waals surface area contributed by atoms with Gasteiger partial charge in [-0.2, -0.15) is 0 Å². The molecule has 1 heterocycles. The van der Waals surface area contributed by atoms with Crippen LogP contribution in [0.15, 0.2) is 6.07 Å². The van der Waals surface area contributed by atoms with Gasteiger partial charge in [-0.3, -0.25) is 0 Å². The molecule has 0 radical (unpaired) electrons. The summed E-state index contributed by atoms with van der Waals surface area (Å²) in [5.74, 6) is 3.66. The van der Waals surface area contributed by atoms with Crippen LogP contribution in [-0.4, -0.2) is 34.3 Å². The molecule has 3 N–H and O–H groups in total. The molecular formula is C14H22N4O. The summed E-state index contributed by atoms with van der Waals surface area (Å²) in [6.07, 6.45) is 4.45. The first-order valence-electron chi connectivity index (χ1n) is 7.31. The van der Waals surface area contributed by atoms with E-state index in [1.54, 1.807) is 0 Å². The molecule has 5 heteroatoms. The highest BCUT2D eigenvalue weighted by molar-refractivity contribution is 5.48. The number of aliphatic hydroxyl groups excluding tert-OH is 1. The zero-order valence-corrected chi connectivity index (χ0v) is 11.4. The van der Waals surface area contributed by atoms with Crippen molar-refractivity contribution in [3.8, 4) is 0 Å². The molecule has 2 aliphatic rings. The maximum atomic E-state index is 9.89. The normalized spacial score (nSPS) is 20.1. The molecule has 5 nitrogen and oxygen atoms in total. The molecule has 19 heavy (non-hydrogen) atoms. The highest BCUT2D eigenvalue weighted by atomic mass is 16.3. The van der Waals surface area contributed by atoms with Gasteiger partial charge < -0.3 is 15.7 Å². The van der Waals surface area contributed by atoms with Crippen molar-refractivity contribution in [1.82, 2.24) is 9.97 Å². The third-order valence-electron chi connectivity index (χ3n) is 3.70. The second-order valence-corrected chi connectivity index (χ2v) is 5.59. The van der Waals surface area contributed by atoms with E-state index in [4.69, 9.17) is 0 Å². The van der Waals surface area contributed by atoms with E-state index in [2.05, 4.69) is 27.5 Å². The largest absolute Gasteiger partial charge is 0.391 e. The Hall–Kier alpha value is -1.36. The second kappa shape index (κ2) is 5.33. The van der Waals surface area contributed by atoms with Crippen molar-refractivity contribution >= 4 is 11.6 Å². The van der Waals surface area contributed by atoms with Gasteiger partial charge in [0.25, 0.3) is 0 Å². The minimum atomic E-state index is -0.248. The molecule has 3 rings (SSSR count). The maximum Gasteiger partial charge on any atom is 0.136 e. The van der Waals surface area contributed by atoms with Crippen LogP contribution in [0.2, 0.25) is 0 Å². The molecule has 2 fully saturated rings. The van der Waals surface area contributed by atoms with Crippen LogP contribution in [0.1, 0.15) is 44.3 Å². The molecule has 0 amide bonds. The number of anilines is 2. The Morgan fingerprint density at radius 3 is 2.47 bits per heavy atom. The lowest BCUT2D eigenvalue weighted by Gasteiger charge is -2.13. The van der Waals surface area contributed by atoms with Crippen LogP contribution < -0.4 is 10.6 Å². The fourth-order valence-corrected chi connectivity index (χ4v) is 2.21. The molecule has 104 valence electrons. The Labute approximate surface area is 113 Å². The fourth-order valence-electron chi connectivity index (χ4n) is 2.21. The predicted molar refractivity (Wildman–Crippen MR) is 75.4 cm³/mol. The molecule has 0 aromatic carbocycles. The van der Waals surface area contributed by atoms with Crippen molar-refractivity contribution in [2.45, 2.75) is 44.6 Å². The summed E-state index contributed by atoms with van der Waals surface area (Å²) in [5.41, 5.74) is 0. The van der Waals surface area contributed by atoms with Crippen molar-refractivity contribution in [2.75, 3.05) is 23.7 Å². The smallest absolute Gasteiger partial charge is 0.136 e. The van der Waals surface area contributed by atoms with Gasteiger partial charge in [-0.15, -0.1) is 0 Å². The fraction of sp³-hybridized carbons (Fsp3) is 0.714. The SMILES string of the molecule is CCNc1cc(NCC(O)C2CC2)nc(C2CC2)n1. The zero-order valence-electron chi connectivity index (χ0n) is 11.4. The van der Waals surface area contributed by atoms with Gasteiger partial charge in [-0.05, 0) is 38.5 Å². The molecule has 2 aliphatic carbocycles. The van der Waals surface area contributed by atoms with E-state index < -0.39 is 0 Å². The van der Waals surface area contributed by atoms with E-state index in [9.17, 15) is 5.11 Å². The molecule has 1 aromatic rings. The van der Waals surface area contributed by atoms with E-state index in [-0.39, 0.29) is 6.10 Å². The molecule has 0 spiro atoms. The van der Waals surface area contributed by atoms with Crippen LogP contribution in [0.5, 0.6) is 0 Å². The summed E-state index contributed by atoms with van der Waals surface area (Å²) in [6.45, 7) is 3.49. The molecule has 0 saturated heterocycles. The van der Waals surface area contributed by atoms with Gasteiger partial charge in [0.15, 0.2) is 0 Å². The lowest BCUT2D eigenvalue weighted by Crippen LogP contribution is -2.22. The van der Waals surface area contributed by atoms with E-state index in [1.165, 1.54) is 12.8 Å². The number of nitrogens with one attached hydrogen (secondary N) is 2. The maximum absolute atomic E-state index is 9.89. The lowest BCUT2D eigenvalue weighted by atomic mass is 10.2. The van der Waals surface area contributed by atoms with E-state index >= 15 is 0 Å². The monoisotopic (exact) mass is 262 g/mol. The predicted octanol–water partition coefficient (Wildman–Crippen LogP) is 1.97. The first kappa shape index (κ1) is 12.7. The Morgan fingerprint density at radius 2 is 1.89 bits per heavy atom. The van der Waals surface area contributed by atoms with Crippen LogP contribution in [0.4, 0.5) is 11.6 Å². The van der Waals surface area contributed by atoms with Crippen LogP contribution in [0.25, 0.3) is 0 Å². The third kappa shape index (κ3) is 3.35. The van der Waals surface area contributed by atoms with Crippen molar-refractivity contribution < 1.29 is 5.11 Å². The zero-order chi connectivity index (χ0) is 13.2. The van der Waals surface area contributed by atoms with E-state index in [0.29, 0.717) is 18.4 Å². The summed E-state index contributed by atoms with van der Waals surface area (Å²) in [5, 5.41) is 16.4. The Bertz CT molecular complexity index is 443. The summed E-state index contributed by atoms with van der Waals surface area (Å²) < 4.78 is 0. The van der Waals surface area contributed by atoms with Crippen molar-refractivity contribution in [2.24, 2.45) is 5.92 Å². The average molecular weight is 262 g/mol. The highest BCUT2D eigenvalue weighted by Crippen LogP contribution is 2.39. The van der Waals surface area contributed by atoms with Crippen molar-refractivity contribution in [3.63, 3.8) is 0 Å². The Morgan fingerprint density at radius 1 is 1.21 bits per heavy atom. The number of hydrogen-bond donors (Lipinski definition) is 3. The molecule has 1 aromatic heterocycles. The molecular weight excluding hydrogens is 240 g/mol. The Kier molecular flexibility index (Phi) is 3.55. The van der Waals surface area contributed by atoms with Gasteiger partial charge in [0.1, 0.15) is 17.5 Å². The lowest BCUT2D eigenvalue weighted by molar-refractivity contribution is 0.164. The average Bonchev–Trinajstić information content (AvgIpc) is 3.29. The van der Waals surface area contributed by atoms with Crippen molar-refractivity contribution in [1.29, 1.82) is 0 Å². The van der Waals surface area contributed by atoms with E-state index in [1.807, 2.05) is 6.07 Å².